The van der Waals surface area contributed by atoms with Crippen molar-refractivity contribution in [1.82, 2.24) is 5.32 Å². The molecule has 1 atom stereocenters. The third-order valence-corrected chi connectivity index (χ3v) is 1.72. The van der Waals surface area contributed by atoms with Crippen LogP contribution in [-0.4, -0.2) is 12.3 Å². The topological polar surface area (TPSA) is 29.1 Å². The largest absolute Gasteiger partial charge is 0.380 e. The summed E-state index contributed by atoms with van der Waals surface area (Å²) in [6.45, 7) is 7.85. The normalized spacial score (nSPS) is 12.2. The van der Waals surface area contributed by atoms with Gasteiger partial charge in [-0.2, -0.15) is 0 Å². The van der Waals surface area contributed by atoms with Gasteiger partial charge in [-0.3, -0.25) is 0 Å². The quantitative estimate of drug-likeness (QED) is 0.468. The fourth-order valence-electron chi connectivity index (χ4n) is 1.02. The van der Waals surface area contributed by atoms with Crippen molar-refractivity contribution in [3.05, 3.63) is 12.3 Å². The second kappa shape index (κ2) is 6.89. The Morgan fingerprint density at radius 1 is 1.58 bits per heavy atom. The number of carbonyl (C=O) groups excluding carboxylic acids is 1. The zero-order valence-corrected chi connectivity index (χ0v) is 8.10. The van der Waals surface area contributed by atoms with Gasteiger partial charge in [-0.05, 0) is 19.8 Å². The first-order valence-corrected chi connectivity index (χ1v) is 4.60. The van der Waals surface area contributed by atoms with Crippen LogP contribution < -0.4 is 5.32 Å². The number of hydrogen-bond donors (Lipinski definition) is 1. The van der Waals surface area contributed by atoms with Gasteiger partial charge in [0.25, 0.3) is 0 Å². The maximum atomic E-state index is 10.3. The second-order valence-electron chi connectivity index (χ2n) is 3.13. The number of aldehydes is 1. The summed E-state index contributed by atoms with van der Waals surface area (Å²) in [4.78, 5) is 10.3. The van der Waals surface area contributed by atoms with E-state index in [0.717, 1.165) is 24.8 Å². The third-order valence-electron chi connectivity index (χ3n) is 1.72. The Morgan fingerprint density at radius 3 is 2.75 bits per heavy atom. The van der Waals surface area contributed by atoms with E-state index >= 15 is 0 Å². The smallest absolute Gasteiger partial charge is 0.141 e. The van der Waals surface area contributed by atoms with Gasteiger partial charge in [-0.25, -0.2) is 0 Å². The molecule has 0 aliphatic carbocycles. The molecule has 0 aliphatic heterocycles. The van der Waals surface area contributed by atoms with E-state index in [-0.39, 0.29) is 6.04 Å². The molecule has 0 bridgehead atoms. The van der Waals surface area contributed by atoms with Gasteiger partial charge in [0.1, 0.15) is 6.29 Å². The van der Waals surface area contributed by atoms with Crippen LogP contribution in [0.4, 0.5) is 0 Å². The van der Waals surface area contributed by atoms with Crippen LogP contribution in [0, 0.1) is 0 Å². The van der Waals surface area contributed by atoms with Gasteiger partial charge in [0.05, 0.1) is 6.04 Å². The summed E-state index contributed by atoms with van der Waals surface area (Å²) in [6.07, 6.45) is 5.48. The maximum absolute atomic E-state index is 10.3. The summed E-state index contributed by atoms with van der Waals surface area (Å²) in [7, 11) is 0. The minimum atomic E-state index is -0.0980. The first kappa shape index (κ1) is 11.2. The van der Waals surface area contributed by atoms with Gasteiger partial charge in [0, 0.05) is 5.70 Å². The monoisotopic (exact) mass is 169 g/mol. The molecule has 0 aromatic rings. The highest BCUT2D eigenvalue weighted by Gasteiger charge is 1.99. The van der Waals surface area contributed by atoms with Gasteiger partial charge >= 0.3 is 0 Å². The molecule has 0 saturated heterocycles. The van der Waals surface area contributed by atoms with Crippen LogP contribution in [-0.2, 0) is 4.79 Å². The van der Waals surface area contributed by atoms with Crippen molar-refractivity contribution >= 4 is 6.29 Å². The van der Waals surface area contributed by atoms with Crippen molar-refractivity contribution in [3.63, 3.8) is 0 Å². The molecule has 12 heavy (non-hydrogen) atoms. The molecule has 0 fully saturated rings. The minimum absolute atomic E-state index is 0.0980. The van der Waals surface area contributed by atoms with E-state index in [1.165, 1.54) is 12.8 Å². The van der Waals surface area contributed by atoms with Crippen LogP contribution in [0.25, 0.3) is 0 Å². The number of allylic oxidation sites excluding steroid dienone is 1. The van der Waals surface area contributed by atoms with Crippen LogP contribution in [0.5, 0.6) is 0 Å². The highest BCUT2D eigenvalue weighted by Crippen LogP contribution is 2.04. The molecule has 1 unspecified atom stereocenters. The van der Waals surface area contributed by atoms with Gasteiger partial charge in [0.2, 0.25) is 0 Å². The molecule has 0 radical (unpaired) electrons. The molecule has 0 rings (SSSR count). The van der Waals surface area contributed by atoms with Crippen LogP contribution in [0.3, 0.4) is 0 Å². The van der Waals surface area contributed by atoms with E-state index in [4.69, 9.17) is 0 Å². The zero-order chi connectivity index (χ0) is 9.40. The second-order valence-corrected chi connectivity index (χ2v) is 3.13. The highest BCUT2D eigenvalue weighted by molar-refractivity contribution is 5.57. The van der Waals surface area contributed by atoms with E-state index in [9.17, 15) is 4.79 Å². The summed E-state index contributed by atoms with van der Waals surface area (Å²) in [5.74, 6) is 0. The molecular weight excluding hydrogens is 150 g/mol. The van der Waals surface area contributed by atoms with Gasteiger partial charge in [-0.1, -0.05) is 26.3 Å². The van der Waals surface area contributed by atoms with Crippen molar-refractivity contribution in [3.8, 4) is 0 Å². The fourth-order valence-corrected chi connectivity index (χ4v) is 1.02. The lowest BCUT2D eigenvalue weighted by Crippen LogP contribution is -2.25. The Balaban J connectivity index is 3.39. The Bertz CT molecular complexity index is 143. The molecule has 0 heterocycles. The predicted molar refractivity (Wildman–Crippen MR) is 51.9 cm³/mol. The predicted octanol–water partition coefficient (Wildman–Crippen LogP) is 2.26. The lowest BCUT2D eigenvalue weighted by atomic mass is 10.1. The summed E-state index contributed by atoms with van der Waals surface area (Å²) >= 11 is 0. The molecule has 0 spiro atoms. The lowest BCUT2D eigenvalue weighted by Gasteiger charge is -2.11. The van der Waals surface area contributed by atoms with Gasteiger partial charge in [0.15, 0.2) is 0 Å². The number of carbonyl (C=O) groups is 1. The molecular formula is C10H19NO. The van der Waals surface area contributed by atoms with Gasteiger partial charge < -0.3 is 10.1 Å². The summed E-state index contributed by atoms with van der Waals surface area (Å²) < 4.78 is 0. The van der Waals surface area contributed by atoms with Crippen LogP contribution in [0.1, 0.15) is 39.5 Å². The average molecular weight is 169 g/mol. The van der Waals surface area contributed by atoms with Crippen LogP contribution >= 0.6 is 0 Å². The average Bonchev–Trinajstić information content (AvgIpc) is 2.05. The molecule has 0 aliphatic rings. The van der Waals surface area contributed by atoms with E-state index in [1.54, 1.807) is 0 Å². The Hall–Kier alpha value is -0.790. The van der Waals surface area contributed by atoms with Crippen molar-refractivity contribution in [1.29, 1.82) is 0 Å². The third kappa shape index (κ3) is 5.96. The van der Waals surface area contributed by atoms with Crippen molar-refractivity contribution in [2.24, 2.45) is 0 Å². The molecule has 2 nitrogen and oxygen atoms in total. The Labute approximate surface area is 75.0 Å². The molecule has 2 heteroatoms. The van der Waals surface area contributed by atoms with E-state index in [0.29, 0.717) is 0 Å². The molecule has 70 valence electrons. The number of hydrogen-bond acceptors (Lipinski definition) is 2. The minimum Gasteiger partial charge on any atom is -0.380 e. The molecule has 1 N–H and O–H groups in total. The van der Waals surface area contributed by atoms with Gasteiger partial charge in [-0.15, -0.1) is 0 Å². The standard InChI is InChI=1S/C10H19NO/c1-4-5-6-7-9(2)11-10(3)8-12/h8,10-11H,2,4-7H2,1,3H3. The van der Waals surface area contributed by atoms with Crippen molar-refractivity contribution < 1.29 is 4.79 Å². The molecule has 0 amide bonds. The summed E-state index contributed by atoms with van der Waals surface area (Å²) in [5, 5.41) is 3.03. The van der Waals surface area contributed by atoms with E-state index in [1.807, 2.05) is 6.92 Å². The van der Waals surface area contributed by atoms with Crippen LogP contribution in [0.2, 0.25) is 0 Å². The zero-order valence-electron chi connectivity index (χ0n) is 8.10. The Morgan fingerprint density at radius 2 is 2.25 bits per heavy atom. The van der Waals surface area contributed by atoms with Crippen LogP contribution in [0.15, 0.2) is 12.3 Å². The van der Waals surface area contributed by atoms with E-state index in [2.05, 4.69) is 18.8 Å². The Kier molecular flexibility index (Phi) is 6.44. The highest BCUT2D eigenvalue weighted by atomic mass is 16.1. The molecule has 0 aromatic heterocycles. The number of rotatable bonds is 7. The molecule has 0 aromatic carbocycles. The fraction of sp³-hybridized carbons (Fsp3) is 0.700. The first-order chi connectivity index (χ1) is 5.70. The first-order valence-electron chi connectivity index (χ1n) is 4.60. The van der Waals surface area contributed by atoms with Crippen molar-refractivity contribution in [2.75, 3.05) is 0 Å². The molecule has 0 saturated carbocycles. The summed E-state index contributed by atoms with van der Waals surface area (Å²) in [5.41, 5.74) is 0.975. The van der Waals surface area contributed by atoms with Crippen molar-refractivity contribution in [2.45, 2.75) is 45.6 Å². The number of unbranched alkanes of at least 4 members (excludes halogenated alkanes) is 2. The lowest BCUT2D eigenvalue weighted by molar-refractivity contribution is -0.109. The SMILES string of the molecule is C=C(CCCCC)NC(C)C=O. The maximum Gasteiger partial charge on any atom is 0.141 e. The number of nitrogens with one attached hydrogen (secondary N) is 1. The van der Waals surface area contributed by atoms with E-state index < -0.39 is 0 Å². The summed E-state index contributed by atoms with van der Waals surface area (Å²) in [6, 6.07) is -0.0980.